The highest BCUT2D eigenvalue weighted by Crippen LogP contribution is 2.59. The van der Waals surface area contributed by atoms with Gasteiger partial charge in [-0.1, -0.05) is 18.2 Å². The van der Waals surface area contributed by atoms with Gasteiger partial charge < -0.3 is 10.4 Å². The summed E-state index contributed by atoms with van der Waals surface area (Å²) in [6.45, 7) is 0. The summed E-state index contributed by atoms with van der Waals surface area (Å²) in [6, 6.07) is 3.30. The maximum Gasteiger partial charge on any atom is 0.435 e. The maximum absolute atomic E-state index is 14.8. The summed E-state index contributed by atoms with van der Waals surface area (Å²) in [6.07, 6.45) is -23.8. The summed E-state index contributed by atoms with van der Waals surface area (Å²) in [4.78, 5) is 11.9. The predicted molar refractivity (Wildman–Crippen MR) is 126 cm³/mol. The van der Waals surface area contributed by atoms with Crippen LogP contribution in [0.3, 0.4) is 0 Å². The van der Waals surface area contributed by atoms with Crippen LogP contribution in [0.25, 0.3) is 0 Å². The molecule has 1 fully saturated rings. The van der Waals surface area contributed by atoms with Crippen LogP contribution in [-0.4, -0.2) is 50.1 Å². The lowest BCUT2D eigenvalue weighted by molar-refractivity contribution is -0.348. The monoisotopic (exact) mass is 653 g/mol. The minimum atomic E-state index is -6.43. The lowest BCUT2D eigenvalue weighted by Crippen LogP contribution is -2.51. The average Bonchev–Trinajstić information content (AvgIpc) is 3.26. The fraction of sp³-hybridized carbons (Fsp3) is 0.500. The largest absolute Gasteiger partial charge is 0.435 e. The van der Waals surface area contributed by atoms with E-state index in [9.17, 15) is 66.6 Å². The van der Waals surface area contributed by atoms with Gasteiger partial charge in [-0.3, -0.25) is 4.79 Å². The fourth-order valence-corrected chi connectivity index (χ4v) is 8.58. The second-order valence-corrected chi connectivity index (χ2v) is 12.7. The van der Waals surface area contributed by atoms with E-state index in [1.54, 1.807) is 0 Å². The molecule has 0 radical (unpaired) electrons. The molecule has 1 saturated carbocycles. The standard InChI is InChI=1S/C26H22F11NO4S/c27-15-3-5-16(6-4-15)43(41,42)22-10-9-19(38-21(40)12-20(39)24(29,30)31)18(22)7-1-13-11-14(2-8-17(13)22)23(28,25(32,33)34)26(35,36)37/h2-6,8,11,18-20,39H,1,7,9-10,12H2,(H,38,40)/t18-,19+,20+,22+/m0/s1. The normalized spacial score (nSPS) is 23.8. The lowest BCUT2D eigenvalue weighted by atomic mass is 9.74. The van der Waals surface area contributed by atoms with Gasteiger partial charge in [0.15, 0.2) is 15.9 Å². The highest BCUT2D eigenvalue weighted by atomic mass is 32.2. The number of hydrogen-bond donors (Lipinski definition) is 2. The van der Waals surface area contributed by atoms with E-state index in [1.807, 2.05) is 0 Å². The molecule has 238 valence electrons. The highest BCUT2D eigenvalue weighted by molar-refractivity contribution is 7.92. The first-order valence-electron chi connectivity index (χ1n) is 12.6. The predicted octanol–water partition coefficient (Wildman–Crippen LogP) is 5.94. The van der Waals surface area contributed by atoms with Crippen LogP contribution < -0.4 is 5.32 Å². The van der Waals surface area contributed by atoms with Crippen LogP contribution in [0.1, 0.15) is 42.4 Å². The molecule has 0 unspecified atom stereocenters. The Kier molecular flexibility index (Phi) is 8.12. The van der Waals surface area contributed by atoms with Gasteiger partial charge in [0.1, 0.15) is 10.6 Å². The van der Waals surface area contributed by atoms with Gasteiger partial charge in [-0.2, -0.15) is 39.5 Å². The number of fused-ring (bicyclic) bond motifs is 3. The quantitative estimate of drug-likeness (QED) is 0.299. The summed E-state index contributed by atoms with van der Waals surface area (Å²) < 4.78 is 173. The van der Waals surface area contributed by atoms with E-state index in [2.05, 4.69) is 5.32 Å². The molecule has 2 aromatic rings. The third kappa shape index (κ3) is 5.36. The van der Waals surface area contributed by atoms with Crippen LogP contribution in [0, 0.1) is 11.7 Å². The molecule has 0 aromatic heterocycles. The number of aryl methyl sites for hydroxylation is 1. The number of hydrogen-bond acceptors (Lipinski definition) is 4. The molecule has 4 rings (SSSR count). The SMILES string of the molecule is O=C(C[C@@H](O)C(F)(F)F)N[C@@H]1CC[C@@]2(S(=O)(=O)c3ccc(F)cc3)c3ccc(C(F)(C(F)(F)F)C(F)(F)F)cc3CC[C@@H]12. The molecule has 43 heavy (non-hydrogen) atoms. The van der Waals surface area contributed by atoms with Crippen molar-refractivity contribution in [2.45, 2.75) is 78.1 Å². The molecular weight excluding hydrogens is 631 g/mol. The Morgan fingerprint density at radius 1 is 0.930 bits per heavy atom. The fourth-order valence-electron chi connectivity index (χ4n) is 6.11. The molecule has 4 atom stereocenters. The van der Waals surface area contributed by atoms with Crippen molar-refractivity contribution in [3.63, 3.8) is 0 Å². The van der Waals surface area contributed by atoms with Crippen molar-refractivity contribution in [1.29, 1.82) is 0 Å². The second-order valence-electron chi connectivity index (χ2n) is 10.5. The molecule has 17 heteroatoms. The van der Waals surface area contributed by atoms with E-state index in [-0.39, 0.29) is 36.5 Å². The number of alkyl halides is 10. The number of rotatable bonds is 6. The van der Waals surface area contributed by atoms with E-state index >= 15 is 0 Å². The number of aliphatic hydroxyl groups excluding tert-OH is 1. The zero-order valence-corrected chi connectivity index (χ0v) is 22.4. The highest BCUT2D eigenvalue weighted by Gasteiger charge is 2.73. The number of aliphatic hydroxyl groups is 1. The molecule has 5 nitrogen and oxygen atoms in total. The van der Waals surface area contributed by atoms with Gasteiger partial charge in [0.25, 0.3) is 0 Å². The third-order valence-corrected chi connectivity index (χ3v) is 10.7. The summed E-state index contributed by atoms with van der Waals surface area (Å²) in [5.41, 5.74) is -8.26. The van der Waals surface area contributed by atoms with Crippen molar-refractivity contribution >= 4 is 15.7 Å². The van der Waals surface area contributed by atoms with Crippen LogP contribution in [0.15, 0.2) is 47.4 Å². The number of carbonyl (C=O) groups excluding carboxylic acids is 1. The number of amides is 1. The summed E-state index contributed by atoms with van der Waals surface area (Å²) >= 11 is 0. The summed E-state index contributed by atoms with van der Waals surface area (Å²) in [5.74, 6) is -3.29. The molecule has 2 aromatic carbocycles. The number of carbonyl (C=O) groups is 1. The second kappa shape index (κ2) is 10.6. The molecular formula is C26H22F11NO4S. The minimum absolute atomic E-state index is 0.176. The molecule has 0 saturated heterocycles. The third-order valence-electron chi connectivity index (χ3n) is 8.08. The number of halogens is 11. The Labute approximate surface area is 237 Å². The Morgan fingerprint density at radius 2 is 1.51 bits per heavy atom. The van der Waals surface area contributed by atoms with E-state index in [0.29, 0.717) is 12.1 Å². The van der Waals surface area contributed by atoms with Gasteiger partial charge in [-0.25, -0.2) is 17.2 Å². The maximum atomic E-state index is 14.8. The van der Waals surface area contributed by atoms with Crippen molar-refractivity contribution in [3.05, 3.63) is 65.0 Å². The van der Waals surface area contributed by atoms with Crippen molar-refractivity contribution < 1.29 is 66.6 Å². The van der Waals surface area contributed by atoms with Gasteiger partial charge in [0.05, 0.1) is 11.3 Å². The van der Waals surface area contributed by atoms with E-state index in [4.69, 9.17) is 0 Å². The summed E-state index contributed by atoms with van der Waals surface area (Å²) in [7, 11) is -4.70. The molecule has 2 aliphatic carbocycles. The molecule has 2 N–H and O–H groups in total. The van der Waals surface area contributed by atoms with Gasteiger partial charge in [0.2, 0.25) is 5.91 Å². The Bertz CT molecular complexity index is 1470. The topological polar surface area (TPSA) is 83.5 Å². The zero-order valence-electron chi connectivity index (χ0n) is 21.5. The Balaban J connectivity index is 1.85. The van der Waals surface area contributed by atoms with Crippen LogP contribution in [0.2, 0.25) is 0 Å². The van der Waals surface area contributed by atoms with Crippen LogP contribution in [0.5, 0.6) is 0 Å². The number of nitrogens with one attached hydrogen (secondary N) is 1. The van der Waals surface area contributed by atoms with Crippen molar-refractivity contribution in [3.8, 4) is 0 Å². The lowest BCUT2D eigenvalue weighted by Gasteiger charge is -2.43. The first-order valence-corrected chi connectivity index (χ1v) is 14.1. The Hall–Kier alpha value is -2.95. The number of sulfone groups is 1. The van der Waals surface area contributed by atoms with Gasteiger partial charge in [-0.15, -0.1) is 0 Å². The van der Waals surface area contributed by atoms with Gasteiger partial charge in [-0.05, 0) is 61.1 Å². The van der Waals surface area contributed by atoms with E-state index in [0.717, 1.165) is 24.3 Å². The average molecular weight is 654 g/mol. The number of benzene rings is 2. The van der Waals surface area contributed by atoms with Crippen molar-refractivity contribution in [2.75, 3.05) is 0 Å². The molecule has 0 spiro atoms. The van der Waals surface area contributed by atoms with Crippen LogP contribution in [-0.2, 0) is 31.5 Å². The molecule has 0 heterocycles. The summed E-state index contributed by atoms with van der Waals surface area (Å²) in [5, 5.41) is 11.5. The van der Waals surface area contributed by atoms with Crippen LogP contribution in [0.4, 0.5) is 48.3 Å². The minimum Gasteiger partial charge on any atom is -0.383 e. The molecule has 2 aliphatic rings. The first-order chi connectivity index (χ1) is 19.6. The van der Waals surface area contributed by atoms with E-state index < -0.39 is 91.9 Å². The molecule has 0 bridgehead atoms. The first kappa shape index (κ1) is 33.0. The molecule has 0 aliphatic heterocycles. The van der Waals surface area contributed by atoms with Crippen molar-refractivity contribution in [2.24, 2.45) is 5.92 Å². The van der Waals surface area contributed by atoms with Crippen LogP contribution >= 0.6 is 0 Å². The zero-order chi connectivity index (χ0) is 32.4. The van der Waals surface area contributed by atoms with Crippen molar-refractivity contribution in [1.82, 2.24) is 5.32 Å². The van der Waals surface area contributed by atoms with Gasteiger partial charge >= 0.3 is 24.2 Å². The molecule has 1 amide bonds. The van der Waals surface area contributed by atoms with Gasteiger partial charge in [0, 0.05) is 17.5 Å². The van der Waals surface area contributed by atoms with E-state index in [1.165, 1.54) is 0 Å². The smallest absolute Gasteiger partial charge is 0.383 e. The Morgan fingerprint density at radius 3 is 2.05 bits per heavy atom.